The lowest BCUT2D eigenvalue weighted by Gasteiger charge is -2.22. The molecule has 0 aliphatic rings. The maximum Gasteiger partial charge on any atom is 0.323 e. The number of hydrogen-bond donors (Lipinski definition) is 2. The zero-order chi connectivity index (χ0) is 12.7. The summed E-state index contributed by atoms with van der Waals surface area (Å²) in [4.78, 5) is 11.5. The molecule has 96 valence electrons. The van der Waals surface area contributed by atoms with Gasteiger partial charge in [0, 0.05) is 12.6 Å². The fraction of sp³-hybridized carbons (Fsp3) is 0.917. The lowest BCUT2D eigenvalue weighted by atomic mass is 10.0. The third-order valence-corrected chi connectivity index (χ3v) is 2.50. The Morgan fingerprint density at radius 2 is 1.88 bits per heavy atom. The van der Waals surface area contributed by atoms with Crippen molar-refractivity contribution >= 4 is 5.97 Å². The van der Waals surface area contributed by atoms with Crippen molar-refractivity contribution in [1.82, 2.24) is 5.32 Å². The van der Waals surface area contributed by atoms with Crippen molar-refractivity contribution in [1.29, 1.82) is 0 Å². The van der Waals surface area contributed by atoms with Gasteiger partial charge in [-0.2, -0.15) is 0 Å². The van der Waals surface area contributed by atoms with Gasteiger partial charge in [-0.15, -0.1) is 0 Å². The Bertz CT molecular complexity index is 205. The number of carbonyl (C=O) groups is 1. The number of ether oxygens (including phenoxy) is 1. The van der Waals surface area contributed by atoms with Gasteiger partial charge in [0.05, 0.1) is 7.11 Å². The van der Waals surface area contributed by atoms with Crippen LogP contribution in [0.4, 0.5) is 0 Å². The van der Waals surface area contributed by atoms with Gasteiger partial charge in [-0.1, -0.05) is 27.7 Å². The van der Waals surface area contributed by atoms with Gasteiger partial charge in [0.25, 0.3) is 0 Å². The normalized spacial score (nSPS) is 15.2. The lowest BCUT2D eigenvalue weighted by molar-refractivity contribution is -0.144. The quantitative estimate of drug-likeness (QED) is 0.644. The van der Waals surface area contributed by atoms with Crippen molar-refractivity contribution in [2.24, 2.45) is 17.6 Å². The van der Waals surface area contributed by atoms with E-state index in [1.165, 1.54) is 7.11 Å². The second kappa shape index (κ2) is 7.63. The summed E-state index contributed by atoms with van der Waals surface area (Å²) >= 11 is 0. The lowest BCUT2D eigenvalue weighted by Crippen LogP contribution is -2.47. The summed E-state index contributed by atoms with van der Waals surface area (Å²) in [5.74, 6) is 0.567. The van der Waals surface area contributed by atoms with Gasteiger partial charge in [0.1, 0.15) is 6.04 Å². The number of hydrogen-bond acceptors (Lipinski definition) is 4. The third kappa shape index (κ3) is 6.08. The van der Waals surface area contributed by atoms with Crippen molar-refractivity contribution in [2.75, 3.05) is 13.7 Å². The fourth-order valence-electron chi connectivity index (χ4n) is 1.69. The highest BCUT2D eigenvalue weighted by molar-refractivity contribution is 5.75. The summed E-state index contributed by atoms with van der Waals surface area (Å²) in [6, 6.07) is -0.172. The van der Waals surface area contributed by atoms with Crippen LogP contribution in [0.15, 0.2) is 0 Å². The molecule has 4 heteroatoms. The minimum Gasteiger partial charge on any atom is -0.468 e. The first-order valence-corrected chi connectivity index (χ1v) is 5.95. The van der Waals surface area contributed by atoms with E-state index in [1.807, 2.05) is 13.8 Å². The second-order valence-electron chi connectivity index (χ2n) is 5.04. The summed E-state index contributed by atoms with van der Waals surface area (Å²) in [7, 11) is 1.41. The van der Waals surface area contributed by atoms with Crippen molar-refractivity contribution < 1.29 is 9.53 Å². The van der Waals surface area contributed by atoms with E-state index in [0.29, 0.717) is 12.5 Å². The van der Waals surface area contributed by atoms with Gasteiger partial charge in [0.15, 0.2) is 0 Å². The molecule has 0 fully saturated rings. The predicted molar refractivity (Wildman–Crippen MR) is 66.1 cm³/mol. The van der Waals surface area contributed by atoms with Gasteiger partial charge < -0.3 is 15.8 Å². The number of nitrogens with two attached hydrogens (primary N) is 1. The Kier molecular flexibility index (Phi) is 7.34. The van der Waals surface area contributed by atoms with Crippen molar-refractivity contribution in [3.05, 3.63) is 0 Å². The summed E-state index contributed by atoms with van der Waals surface area (Å²) in [6.07, 6.45) is 0.957. The first kappa shape index (κ1) is 15.4. The van der Waals surface area contributed by atoms with Crippen molar-refractivity contribution in [3.8, 4) is 0 Å². The van der Waals surface area contributed by atoms with Gasteiger partial charge >= 0.3 is 5.97 Å². The zero-order valence-corrected chi connectivity index (χ0v) is 11.1. The smallest absolute Gasteiger partial charge is 0.323 e. The monoisotopic (exact) mass is 230 g/mol. The van der Waals surface area contributed by atoms with E-state index in [0.717, 1.165) is 6.42 Å². The number of carbonyl (C=O) groups excluding carboxylic acids is 1. The number of rotatable bonds is 7. The molecule has 0 rings (SSSR count). The molecule has 0 aliphatic heterocycles. The Morgan fingerprint density at radius 3 is 2.25 bits per heavy atom. The Labute approximate surface area is 98.9 Å². The van der Waals surface area contributed by atoms with E-state index in [-0.39, 0.29) is 24.0 Å². The molecule has 0 saturated heterocycles. The Hall–Kier alpha value is -0.610. The van der Waals surface area contributed by atoms with Gasteiger partial charge in [-0.25, -0.2) is 0 Å². The summed E-state index contributed by atoms with van der Waals surface area (Å²) in [5, 5.41) is 3.18. The highest BCUT2D eigenvalue weighted by Crippen LogP contribution is 2.05. The molecule has 0 saturated carbocycles. The largest absolute Gasteiger partial charge is 0.468 e. The molecular formula is C12H26N2O2. The van der Waals surface area contributed by atoms with Crippen LogP contribution in [0.1, 0.15) is 34.1 Å². The van der Waals surface area contributed by atoms with Crippen LogP contribution in [-0.2, 0) is 9.53 Å². The standard InChI is InChI=1S/C12H26N2O2/c1-8(2)6-10(13)7-14-11(9(3)4)12(15)16-5/h8-11,14H,6-7,13H2,1-5H3/t10-,11-/m0/s1. The first-order valence-electron chi connectivity index (χ1n) is 5.95. The second-order valence-corrected chi connectivity index (χ2v) is 5.04. The minimum absolute atomic E-state index is 0.0888. The highest BCUT2D eigenvalue weighted by atomic mass is 16.5. The van der Waals surface area contributed by atoms with Gasteiger partial charge in [-0.3, -0.25) is 4.79 Å². The third-order valence-electron chi connectivity index (χ3n) is 2.50. The molecule has 0 aliphatic carbocycles. The van der Waals surface area contributed by atoms with Crippen LogP contribution in [0, 0.1) is 11.8 Å². The molecule has 4 nitrogen and oxygen atoms in total. The molecule has 16 heavy (non-hydrogen) atoms. The predicted octanol–water partition coefficient (Wildman–Crippen LogP) is 1.15. The molecule has 0 radical (unpaired) electrons. The first-order chi connectivity index (χ1) is 7.38. The molecule has 0 spiro atoms. The average Bonchev–Trinajstić information content (AvgIpc) is 2.15. The Balaban J connectivity index is 4.07. The number of nitrogens with one attached hydrogen (secondary N) is 1. The highest BCUT2D eigenvalue weighted by Gasteiger charge is 2.22. The molecular weight excluding hydrogens is 204 g/mol. The van der Waals surface area contributed by atoms with Crippen LogP contribution in [0.2, 0.25) is 0 Å². The summed E-state index contributed by atoms with van der Waals surface area (Å²) in [6.45, 7) is 8.90. The van der Waals surface area contributed by atoms with Gasteiger partial charge in [0.2, 0.25) is 0 Å². The van der Waals surface area contributed by atoms with Crippen LogP contribution < -0.4 is 11.1 Å². The van der Waals surface area contributed by atoms with Crippen molar-refractivity contribution in [2.45, 2.75) is 46.2 Å². The van der Waals surface area contributed by atoms with Crippen LogP contribution in [0.25, 0.3) is 0 Å². The van der Waals surface area contributed by atoms with E-state index in [1.54, 1.807) is 0 Å². The van der Waals surface area contributed by atoms with E-state index in [2.05, 4.69) is 19.2 Å². The summed E-state index contributed by atoms with van der Waals surface area (Å²) < 4.78 is 4.74. The van der Waals surface area contributed by atoms with Crippen molar-refractivity contribution in [3.63, 3.8) is 0 Å². The molecule has 2 atom stereocenters. The van der Waals surface area contributed by atoms with Crippen LogP contribution in [0.5, 0.6) is 0 Å². The average molecular weight is 230 g/mol. The van der Waals surface area contributed by atoms with Crippen LogP contribution in [-0.4, -0.2) is 31.7 Å². The molecule has 0 aromatic heterocycles. The fourth-order valence-corrected chi connectivity index (χ4v) is 1.69. The van der Waals surface area contributed by atoms with Crippen LogP contribution >= 0.6 is 0 Å². The maximum absolute atomic E-state index is 11.5. The van der Waals surface area contributed by atoms with Crippen LogP contribution in [0.3, 0.4) is 0 Å². The molecule has 0 bridgehead atoms. The Morgan fingerprint density at radius 1 is 1.31 bits per heavy atom. The summed E-state index contributed by atoms with van der Waals surface area (Å²) in [5.41, 5.74) is 5.95. The molecule has 0 aromatic carbocycles. The maximum atomic E-state index is 11.5. The molecule has 0 aromatic rings. The molecule has 0 heterocycles. The molecule has 0 amide bonds. The molecule has 3 N–H and O–H groups in total. The molecule has 0 unspecified atom stereocenters. The zero-order valence-electron chi connectivity index (χ0n) is 11.1. The number of esters is 1. The number of methoxy groups -OCH3 is 1. The SMILES string of the molecule is COC(=O)[C@@H](NC[C@@H](N)CC(C)C)C(C)C. The minimum atomic E-state index is -0.261. The van der Waals surface area contributed by atoms with Gasteiger partial charge in [-0.05, 0) is 18.3 Å². The van der Waals surface area contributed by atoms with E-state index in [9.17, 15) is 4.79 Å². The van der Waals surface area contributed by atoms with E-state index in [4.69, 9.17) is 10.5 Å². The van der Waals surface area contributed by atoms with E-state index < -0.39 is 0 Å². The topological polar surface area (TPSA) is 64.3 Å². The van der Waals surface area contributed by atoms with E-state index >= 15 is 0 Å².